The van der Waals surface area contributed by atoms with E-state index in [2.05, 4.69) is 23.3 Å². The minimum Gasteiger partial charge on any atom is -0.491 e. The molecule has 3 aromatic rings. The summed E-state index contributed by atoms with van der Waals surface area (Å²) in [5, 5.41) is 8.34. The first-order valence-electron chi connectivity index (χ1n) is 14.5. The molecule has 1 aromatic heterocycles. The zero-order valence-corrected chi connectivity index (χ0v) is 23.9. The number of para-hydroxylation sites is 1. The Labute approximate surface area is 240 Å². The zero-order valence-electron chi connectivity index (χ0n) is 23.9. The number of morpholine rings is 1. The predicted octanol–water partition coefficient (Wildman–Crippen LogP) is 4.36. The van der Waals surface area contributed by atoms with Gasteiger partial charge in [-0.25, -0.2) is 9.07 Å². The van der Waals surface area contributed by atoms with Crippen LogP contribution in [0.25, 0.3) is 5.69 Å². The average molecular weight is 564 g/mol. The Morgan fingerprint density at radius 1 is 1.07 bits per heavy atom. The molecule has 10 heteroatoms. The molecule has 9 nitrogen and oxygen atoms in total. The van der Waals surface area contributed by atoms with Gasteiger partial charge in [-0.3, -0.25) is 9.59 Å². The molecule has 0 radical (unpaired) electrons. The number of carbonyl (C=O) groups is 2. The Kier molecular flexibility index (Phi) is 8.97. The highest BCUT2D eigenvalue weighted by Crippen LogP contribution is 2.30. The maximum Gasteiger partial charge on any atom is 0.276 e. The van der Waals surface area contributed by atoms with Gasteiger partial charge in [0.15, 0.2) is 11.3 Å². The van der Waals surface area contributed by atoms with Gasteiger partial charge in [-0.05, 0) is 74.9 Å². The lowest BCUT2D eigenvalue weighted by molar-refractivity contribution is -0.170. The van der Waals surface area contributed by atoms with Crippen molar-refractivity contribution in [2.24, 2.45) is 0 Å². The van der Waals surface area contributed by atoms with Crippen molar-refractivity contribution in [2.75, 3.05) is 39.4 Å². The van der Waals surface area contributed by atoms with Crippen LogP contribution in [-0.2, 0) is 16.0 Å². The van der Waals surface area contributed by atoms with Gasteiger partial charge in [0.25, 0.3) is 11.8 Å². The highest BCUT2D eigenvalue weighted by atomic mass is 19.1. The van der Waals surface area contributed by atoms with E-state index in [1.165, 1.54) is 16.8 Å². The van der Waals surface area contributed by atoms with Crippen LogP contribution in [0.3, 0.4) is 0 Å². The molecule has 0 N–H and O–H groups in total. The molecule has 1 spiro atoms. The third kappa shape index (κ3) is 6.27. The largest absolute Gasteiger partial charge is 0.491 e. The van der Waals surface area contributed by atoms with Crippen molar-refractivity contribution in [3.05, 3.63) is 71.3 Å². The normalized spacial score (nSPS) is 20.2. The van der Waals surface area contributed by atoms with Crippen LogP contribution < -0.4 is 4.74 Å². The second-order valence-electron chi connectivity index (χ2n) is 10.8. The number of hydrogen-bond acceptors (Lipinski definition) is 6. The molecule has 218 valence electrons. The summed E-state index contributed by atoms with van der Waals surface area (Å²) < 4.78 is 27.4. The maximum atomic E-state index is 14.2. The quantitative estimate of drug-likeness (QED) is 0.458. The van der Waals surface area contributed by atoms with Gasteiger partial charge in [0.05, 0.1) is 31.1 Å². The second kappa shape index (κ2) is 12.8. The van der Waals surface area contributed by atoms with Crippen molar-refractivity contribution in [3.63, 3.8) is 0 Å². The Bertz CT molecular complexity index is 1360. The molecule has 5 rings (SSSR count). The number of rotatable bonds is 5. The van der Waals surface area contributed by atoms with Crippen molar-refractivity contribution in [1.82, 2.24) is 24.8 Å². The number of aryl methyl sites for hydroxylation is 1. The van der Waals surface area contributed by atoms with Gasteiger partial charge < -0.3 is 19.3 Å². The minimum atomic E-state index is -1.14. The number of unbranched alkanes of at least 4 members (excludes halogenated alkanes) is 1. The highest BCUT2D eigenvalue weighted by molar-refractivity contribution is 5.94. The van der Waals surface area contributed by atoms with E-state index in [1.54, 1.807) is 24.0 Å². The summed E-state index contributed by atoms with van der Waals surface area (Å²) in [5.41, 5.74) is 1.39. The number of ether oxygens (including phenoxy) is 2. The molecule has 1 atom stereocenters. The Balaban J connectivity index is 1.39. The molecule has 0 saturated carbocycles. The van der Waals surface area contributed by atoms with E-state index in [0.717, 1.165) is 43.4 Å². The van der Waals surface area contributed by atoms with Gasteiger partial charge >= 0.3 is 0 Å². The summed E-state index contributed by atoms with van der Waals surface area (Å²) in [6.45, 7) is 6.04. The summed E-state index contributed by atoms with van der Waals surface area (Å²) in [5.74, 6) is 0.134. The van der Waals surface area contributed by atoms with Crippen LogP contribution in [-0.4, -0.2) is 81.6 Å². The Hall–Kier alpha value is -3.79. The molecule has 1 unspecified atom stereocenters. The van der Waals surface area contributed by atoms with E-state index in [9.17, 15) is 14.0 Å². The van der Waals surface area contributed by atoms with E-state index < -0.39 is 5.60 Å². The van der Waals surface area contributed by atoms with E-state index in [1.807, 2.05) is 23.1 Å². The van der Waals surface area contributed by atoms with Gasteiger partial charge in [-0.1, -0.05) is 36.8 Å². The molecule has 1 saturated heterocycles. The number of fused-ring (bicyclic) bond motifs is 1. The SMILES string of the molecule is CCCCN1CCOc2ccccc2CCCCC2(CN(C(=O)c3nnn(-c4ccc(F)cc4)c3C)CCO2)C1=O. The summed E-state index contributed by atoms with van der Waals surface area (Å²) >= 11 is 0. The minimum absolute atomic E-state index is 0.0902. The van der Waals surface area contributed by atoms with Crippen molar-refractivity contribution < 1.29 is 23.5 Å². The van der Waals surface area contributed by atoms with Crippen molar-refractivity contribution in [2.45, 2.75) is 58.0 Å². The number of benzene rings is 2. The summed E-state index contributed by atoms with van der Waals surface area (Å²) in [6.07, 6.45) is 4.81. The molecule has 0 aliphatic carbocycles. The summed E-state index contributed by atoms with van der Waals surface area (Å²) in [4.78, 5) is 31.5. The van der Waals surface area contributed by atoms with Crippen LogP contribution >= 0.6 is 0 Å². The van der Waals surface area contributed by atoms with Crippen LogP contribution in [0.5, 0.6) is 5.75 Å². The molecule has 2 aromatic carbocycles. The first-order valence-corrected chi connectivity index (χ1v) is 14.5. The Morgan fingerprint density at radius 3 is 2.68 bits per heavy atom. The fraction of sp³-hybridized carbons (Fsp3) is 0.484. The molecule has 2 amide bonds. The molecule has 3 heterocycles. The summed E-state index contributed by atoms with van der Waals surface area (Å²) in [6, 6.07) is 13.9. The van der Waals surface area contributed by atoms with Crippen LogP contribution in [0.2, 0.25) is 0 Å². The van der Waals surface area contributed by atoms with Gasteiger partial charge in [-0.15, -0.1) is 5.10 Å². The topological polar surface area (TPSA) is 89.8 Å². The number of amides is 2. The van der Waals surface area contributed by atoms with Crippen molar-refractivity contribution in [1.29, 1.82) is 0 Å². The van der Waals surface area contributed by atoms with Gasteiger partial charge in [0.1, 0.15) is 18.2 Å². The standard InChI is InChI=1S/C31H38FN5O4/c1-3-4-17-35-18-20-40-27-11-6-5-9-24(27)10-7-8-16-31(30(35)39)22-36(19-21-41-31)29(38)28-23(2)37(34-33-28)26-14-12-25(32)13-15-26/h5-6,9,11-15H,3-4,7-8,10,16-22H2,1-2H3. The number of nitrogens with zero attached hydrogens (tertiary/aromatic N) is 5. The molecule has 2 aliphatic heterocycles. The van der Waals surface area contributed by atoms with Crippen LogP contribution in [0, 0.1) is 12.7 Å². The van der Waals surface area contributed by atoms with Crippen molar-refractivity contribution in [3.8, 4) is 11.4 Å². The predicted molar refractivity (Wildman–Crippen MR) is 152 cm³/mol. The lowest BCUT2D eigenvalue weighted by atomic mass is 9.90. The summed E-state index contributed by atoms with van der Waals surface area (Å²) in [7, 11) is 0. The van der Waals surface area contributed by atoms with E-state index >= 15 is 0 Å². The third-order valence-corrected chi connectivity index (χ3v) is 7.97. The van der Waals surface area contributed by atoms with Crippen molar-refractivity contribution >= 4 is 11.8 Å². The third-order valence-electron chi connectivity index (χ3n) is 7.97. The van der Waals surface area contributed by atoms with Gasteiger partial charge in [0, 0.05) is 13.1 Å². The molecule has 1 fully saturated rings. The monoisotopic (exact) mass is 563 g/mol. The zero-order chi connectivity index (χ0) is 28.8. The number of aromatic nitrogens is 3. The average Bonchev–Trinajstić information content (AvgIpc) is 3.38. The van der Waals surface area contributed by atoms with Gasteiger partial charge in [0.2, 0.25) is 0 Å². The fourth-order valence-corrected chi connectivity index (χ4v) is 5.64. The van der Waals surface area contributed by atoms with Gasteiger partial charge in [-0.2, -0.15) is 0 Å². The second-order valence-corrected chi connectivity index (χ2v) is 10.8. The lowest BCUT2D eigenvalue weighted by Gasteiger charge is -2.44. The molecule has 0 bridgehead atoms. The molecule has 41 heavy (non-hydrogen) atoms. The lowest BCUT2D eigenvalue weighted by Crippen LogP contribution is -2.62. The maximum absolute atomic E-state index is 14.2. The Morgan fingerprint density at radius 2 is 1.88 bits per heavy atom. The number of hydrogen-bond donors (Lipinski definition) is 0. The first-order chi connectivity index (χ1) is 19.9. The van der Waals surface area contributed by atoms with E-state index in [4.69, 9.17) is 9.47 Å². The number of carbonyl (C=O) groups excluding carboxylic acids is 2. The molecular formula is C31H38FN5O4. The van der Waals surface area contributed by atoms with Crippen LogP contribution in [0.15, 0.2) is 48.5 Å². The van der Waals surface area contributed by atoms with E-state index in [0.29, 0.717) is 44.0 Å². The molecular weight excluding hydrogens is 525 g/mol. The smallest absolute Gasteiger partial charge is 0.276 e. The highest BCUT2D eigenvalue weighted by Gasteiger charge is 2.47. The molecule has 2 aliphatic rings. The van der Waals surface area contributed by atoms with Crippen LogP contribution in [0.1, 0.15) is 60.8 Å². The van der Waals surface area contributed by atoms with E-state index in [-0.39, 0.29) is 36.5 Å². The fourth-order valence-electron chi connectivity index (χ4n) is 5.64. The number of halogens is 1. The van der Waals surface area contributed by atoms with Crippen LogP contribution in [0.4, 0.5) is 4.39 Å². The first kappa shape index (κ1) is 28.7.